The van der Waals surface area contributed by atoms with Gasteiger partial charge in [0.25, 0.3) is 0 Å². The van der Waals surface area contributed by atoms with Crippen LogP contribution >= 0.6 is 0 Å². The molecule has 0 saturated carbocycles. The predicted octanol–water partition coefficient (Wildman–Crippen LogP) is 2.92. The van der Waals surface area contributed by atoms with Gasteiger partial charge in [-0.3, -0.25) is 9.69 Å². The van der Waals surface area contributed by atoms with Gasteiger partial charge in [0.2, 0.25) is 0 Å². The van der Waals surface area contributed by atoms with Crippen molar-refractivity contribution in [3.63, 3.8) is 0 Å². The van der Waals surface area contributed by atoms with Crippen molar-refractivity contribution in [3.05, 3.63) is 36.4 Å². The summed E-state index contributed by atoms with van der Waals surface area (Å²) in [4.78, 5) is 13.5. The van der Waals surface area contributed by atoms with Gasteiger partial charge in [-0.2, -0.15) is 0 Å². The summed E-state index contributed by atoms with van der Waals surface area (Å²) in [7, 11) is 0. The second-order valence-electron chi connectivity index (χ2n) is 4.64. The van der Waals surface area contributed by atoms with Crippen LogP contribution in [0.1, 0.15) is 36.5 Å². The lowest BCUT2D eigenvalue weighted by molar-refractivity contribution is 0.101. The van der Waals surface area contributed by atoms with E-state index < -0.39 is 0 Å². The highest BCUT2D eigenvalue weighted by molar-refractivity contribution is 5.94. The largest absolute Gasteiger partial charge is 0.494 e. The first-order valence-electron chi connectivity index (χ1n) is 6.57. The third-order valence-corrected chi connectivity index (χ3v) is 3.16. The molecule has 1 aromatic carbocycles. The third-order valence-electron chi connectivity index (χ3n) is 3.16. The third kappa shape index (κ3) is 3.84. The number of hydrogen-bond acceptors (Lipinski definition) is 3. The summed E-state index contributed by atoms with van der Waals surface area (Å²) >= 11 is 0. The second-order valence-corrected chi connectivity index (χ2v) is 4.64. The van der Waals surface area contributed by atoms with Crippen LogP contribution in [-0.2, 0) is 0 Å². The van der Waals surface area contributed by atoms with Gasteiger partial charge in [-0.25, -0.2) is 0 Å². The highest BCUT2D eigenvalue weighted by Gasteiger charge is 2.10. The number of carbonyl (C=O) groups excluding carboxylic acids is 1. The number of rotatable bonds is 6. The summed E-state index contributed by atoms with van der Waals surface area (Å²) < 4.78 is 5.65. The van der Waals surface area contributed by atoms with Crippen molar-refractivity contribution in [1.82, 2.24) is 4.90 Å². The molecule has 1 aromatic rings. The Morgan fingerprint density at radius 2 is 2.11 bits per heavy atom. The molecule has 3 nitrogen and oxygen atoms in total. The van der Waals surface area contributed by atoms with Gasteiger partial charge < -0.3 is 4.74 Å². The van der Waals surface area contributed by atoms with Gasteiger partial charge >= 0.3 is 0 Å². The van der Waals surface area contributed by atoms with Crippen LogP contribution in [0, 0.1) is 6.54 Å². The minimum atomic E-state index is 0.0890. The van der Waals surface area contributed by atoms with Crippen LogP contribution in [0.3, 0.4) is 0 Å². The van der Waals surface area contributed by atoms with Crippen molar-refractivity contribution < 1.29 is 9.53 Å². The summed E-state index contributed by atoms with van der Waals surface area (Å²) in [6.07, 6.45) is 3.53. The van der Waals surface area contributed by atoms with Crippen molar-refractivity contribution in [2.24, 2.45) is 0 Å². The molecule has 0 amide bonds. The number of benzene rings is 1. The summed E-state index contributed by atoms with van der Waals surface area (Å²) in [5.41, 5.74) is 0.731. The van der Waals surface area contributed by atoms with E-state index in [1.54, 1.807) is 6.92 Å². The molecule has 1 radical (unpaired) electrons. The Bertz CT molecular complexity index is 380. The lowest BCUT2D eigenvalue weighted by Crippen LogP contribution is -2.18. The Kier molecular flexibility index (Phi) is 4.76. The molecular formula is C15H20NO2. The van der Waals surface area contributed by atoms with Gasteiger partial charge in [-0.1, -0.05) is 0 Å². The molecule has 0 aromatic heterocycles. The van der Waals surface area contributed by atoms with Gasteiger partial charge in [0.1, 0.15) is 5.75 Å². The van der Waals surface area contributed by atoms with E-state index in [0.717, 1.165) is 30.9 Å². The lowest BCUT2D eigenvalue weighted by atomic mass is 10.1. The number of Topliss-reactive ketones (excluding diaryl/α,β-unsaturated/α-hetero) is 1. The maximum Gasteiger partial charge on any atom is 0.159 e. The molecular weight excluding hydrogens is 226 g/mol. The monoisotopic (exact) mass is 246 g/mol. The minimum Gasteiger partial charge on any atom is -0.494 e. The van der Waals surface area contributed by atoms with E-state index in [-0.39, 0.29) is 5.78 Å². The average molecular weight is 246 g/mol. The van der Waals surface area contributed by atoms with Crippen LogP contribution in [0.25, 0.3) is 0 Å². The standard InChI is InChI=1S/C15H20NO2/c1-13(17)14-5-7-15(8-6-14)18-12-4-11-16-9-2-3-10-16/h5-9H,2-4,10-12H2,1H3. The highest BCUT2D eigenvalue weighted by Crippen LogP contribution is 2.14. The van der Waals surface area contributed by atoms with Crippen LogP contribution in [0.4, 0.5) is 0 Å². The van der Waals surface area contributed by atoms with Gasteiger partial charge in [0.05, 0.1) is 6.61 Å². The molecule has 1 fully saturated rings. The van der Waals surface area contributed by atoms with Crippen LogP contribution in [0.2, 0.25) is 0 Å². The van der Waals surface area contributed by atoms with Crippen LogP contribution < -0.4 is 4.74 Å². The first-order valence-corrected chi connectivity index (χ1v) is 6.57. The van der Waals surface area contributed by atoms with Gasteiger partial charge in [0.15, 0.2) is 5.78 Å². The summed E-state index contributed by atoms with van der Waals surface area (Å²) in [5, 5.41) is 0. The molecule has 97 valence electrons. The normalized spacial score (nSPS) is 15.8. The highest BCUT2D eigenvalue weighted by atomic mass is 16.5. The number of hydrogen-bond donors (Lipinski definition) is 0. The topological polar surface area (TPSA) is 29.5 Å². The van der Waals surface area contributed by atoms with Gasteiger partial charge in [-0.15, -0.1) is 0 Å². The first kappa shape index (κ1) is 13.1. The van der Waals surface area contributed by atoms with Crippen molar-refractivity contribution in [2.75, 3.05) is 19.7 Å². The zero-order valence-corrected chi connectivity index (χ0v) is 10.9. The molecule has 0 unspecified atom stereocenters. The Hall–Kier alpha value is -1.35. The SMILES string of the molecule is CC(=O)c1ccc(OCCCN2[CH]CCC2)cc1. The maximum absolute atomic E-state index is 11.1. The van der Waals surface area contributed by atoms with Crippen molar-refractivity contribution in [3.8, 4) is 5.75 Å². The summed E-state index contributed by atoms with van der Waals surface area (Å²) in [6.45, 7) is 6.84. The zero-order chi connectivity index (χ0) is 12.8. The van der Waals surface area contributed by atoms with E-state index in [0.29, 0.717) is 0 Å². The molecule has 1 saturated heterocycles. The summed E-state index contributed by atoms with van der Waals surface area (Å²) in [6, 6.07) is 7.34. The number of nitrogens with zero attached hydrogens (tertiary/aromatic N) is 1. The number of ketones is 1. The fourth-order valence-corrected chi connectivity index (χ4v) is 2.11. The Morgan fingerprint density at radius 1 is 1.33 bits per heavy atom. The molecule has 0 atom stereocenters. The number of carbonyl (C=O) groups is 1. The molecule has 2 rings (SSSR count). The van der Waals surface area contributed by atoms with E-state index >= 15 is 0 Å². The molecule has 1 aliphatic heterocycles. The molecule has 0 N–H and O–H groups in total. The van der Waals surface area contributed by atoms with E-state index in [1.807, 2.05) is 24.3 Å². The number of ether oxygens (including phenoxy) is 1. The van der Waals surface area contributed by atoms with E-state index in [4.69, 9.17) is 4.74 Å². The quantitative estimate of drug-likeness (QED) is 0.571. The van der Waals surface area contributed by atoms with E-state index in [9.17, 15) is 4.79 Å². The Labute approximate surface area is 109 Å². The van der Waals surface area contributed by atoms with Crippen LogP contribution in [0.5, 0.6) is 5.75 Å². The lowest BCUT2D eigenvalue weighted by Gasteiger charge is -2.14. The Balaban J connectivity index is 1.68. The number of likely N-dealkylation sites (tertiary alicyclic amines) is 1. The first-order chi connectivity index (χ1) is 8.75. The van der Waals surface area contributed by atoms with Crippen LogP contribution in [0.15, 0.2) is 24.3 Å². The predicted molar refractivity (Wildman–Crippen MR) is 71.7 cm³/mol. The fraction of sp³-hybridized carbons (Fsp3) is 0.467. The smallest absolute Gasteiger partial charge is 0.159 e. The maximum atomic E-state index is 11.1. The fourth-order valence-electron chi connectivity index (χ4n) is 2.11. The second kappa shape index (κ2) is 6.55. The van der Waals surface area contributed by atoms with E-state index in [2.05, 4.69) is 11.4 Å². The van der Waals surface area contributed by atoms with Crippen molar-refractivity contribution in [2.45, 2.75) is 26.2 Å². The molecule has 1 aliphatic rings. The Morgan fingerprint density at radius 3 is 2.72 bits per heavy atom. The molecule has 0 bridgehead atoms. The van der Waals surface area contributed by atoms with Gasteiger partial charge in [-0.05, 0) is 57.0 Å². The zero-order valence-electron chi connectivity index (χ0n) is 10.9. The van der Waals surface area contributed by atoms with Gasteiger partial charge in [0, 0.05) is 18.7 Å². The molecule has 0 spiro atoms. The van der Waals surface area contributed by atoms with Crippen molar-refractivity contribution in [1.29, 1.82) is 0 Å². The van der Waals surface area contributed by atoms with Crippen LogP contribution in [-0.4, -0.2) is 30.4 Å². The average Bonchev–Trinajstić information content (AvgIpc) is 2.88. The van der Waals surface area contributed by atoms with E-state index in [1.165, 1.54) is 19.4 Å². The minimum absolute atomic E-state index is 0.0890. The molecule has 3 heteroatoms. The molecule has 0 aliphatic carbocycles. The molecule has 18 heavy (non-hydrogen) atoms. The summed E-state index contributed by atoms with van der Waals surface area (Å²) in [5.74, 6) is 0.927. The molecule has 1 heterocycles. The van der Waals surface area contributed by atoms with Crippen molar-refractivity contribution >= 4 is 5.78 Å².